The maximum atomic E-state index is 12.2. The Labute approximate surface area is 126 Å². The number of carbonyl (C=O) groups is 1. The van der Waals surface area contributed by atoms with Gasteiger partial charge in [-0.25, -0.2) is 0 Å². The predicted molar refractivity (Wildman–Crippen MR) is 84.7 cm³/mol. The summed E-state index contributed by atoms with van der Waals surface area (Å²) in [6.07, 6.45) is 2.30. The summed E-state index contributed by atoms with van der Waals surface area (Å²) in [6, 6.07) is 8.23. The van der Waals surface area contributed by atoms with Crippen molar-refractivity contribution in [1.82, 2.24) is 10.2 Å². The summed E-state index contributed by atoms with van der Waals surface area (Å²) in [7, 11) is 0. The van der Waals surface area contributed by atoms with Gasteiger partial charge >= 0.3 is 0 Å². The maximum Gasteiger partial charge on any atom is 0.223 e. The molecule has 1 aliphatic rings. The van der Waals surface area contributed by atoms with Crippen LogP contribution in [0.25, 0.3) is 0 Å². The largest absolute Gasteiger partial charge is 0.370 e. The topological polar surface area (TPSA) is 70.7 Å². The quantitative estimate of drug-likeness (QED) is 0.475. The minimum absolute atomic E-state index is 0.206. The number of guanidine groups is 1. The van der Waals surface area contributed by atoms with Gasteiger partial charge in [0.1, 0.15) is 0 Å². The Morgan fingerprint density at radius 3 is 2.62 bits per heavy atom. The van der Waals surface area contributed by atoms with Gasteiger partial charge in [-0.1, -0.05) is 31.2 Å². The second-order valence-electron chi connectivity index (χ2n) is 5.32. The Kier molecular flexibility index (Phi) is 5.60. The van der Waals surface area contributed by atoms with Gasteiger partial charge < -0.3 is 16.0 Å². The Morgan fingerprint density at radius 1 is 1.33 bits per heavy atom. The van der Waals surface area contributed by atoms with E-state index in [1.54, 1.807) is 0 Å². The van der Waals surface area contributed by atoms with Crippen molar-refractivity contribution in [2.45, 2.75) is 39.3 Å². The summed E-state index contributed by atoms with van der Waals surface area (Å²) in [4.78, 5) is 18.2. The first-order valence-electron chi connectivity index (χ1n) is 7.59. The number of fused-ring (bicyclic) bond motifs is 1. The van der Waals surface area contributed by atoms with Gasteiger partial charge in [-0.05, 0) is 24.0 Å². The van der Waals surface area contributed by atoms with Crippen molar-refractivity contribution in [1.29, 1.82) is 0 Å². The van der Waals surface area contributed by atoms with Crippen LogP contribution in [0.3, 0.4) is 0 Å². The lowest BCUT2D eigenvalue weighted by atomic mass is 10.1. The van der Waals surface area contributed by atoms with E-state index in [2.05, 4.69) is 29.4 Å². The first kappa shape index (κ1) is 15.4. The Hall–Kier alpha value is -2.04. The summed E-state index contributed by atoms with van der Waals surface area (Å²) in [5.74, 6) is 0.676. The van der Waals surface area contributed by atoms with Crippen molar-refractivity contribution in [3.63, 3.8) is 0 Å². The van der Waals surface area contributed by atoms with Crippen LogP contribution in [0.2, 0.25) is 0 Å². The van der Waals surface area contributed by atoms with Crippen molar-refractivity contribution in [3.05, 3.63) is 35.4 Å². The van der Waals surface area contributed by atoms with Crippen LogP contribution < -0.4 is 11.1 Å². The molecule has 0 bridgehead atoms. The number of hydrogen-bond acceptors (Lipinski definition) is 2. The minimum Gasteiger partial charge on any atom is -0.370 e. The number of nitrogens with one attached hydrogen (secondary N) is 1. The van der Waals surface area contributed by atoms with E-state index in [1.807, 2.05) is 17.0 Å². The number of nitrogens with two attached hydrogens (primary N) is 1. The monoisotopic (exact) mass is 288 g/mol. The first-order chi connectivity index (χ1) is 10.2. The summed E-state index contributed by atoms with van der Waals surface area (Å²) in [5, 5.41) is 3.04. The third kappa shape index (κ3) is 4.48. The molecule has 5 heteroatoms. The molecule has 0 unspecified atom stereocenters. The molecular weight excluding hydrogens is 264 g/mol. The number of carbonyl (C=O) groups excluding carboxylic acids is 1. The molecule has 114 valence electrons. The fraction of sp³-hybridized carbons (Fsp3) is 0.500. The molecule has 0 radical (unpaired) electrons. The number of rotatable bonds is 6. The van der Waals surface area contributed by atoms with Crippen LogP contribution in [0, 0.1) is 0 Å². The van der Waals surface area contributed by atoms with Crippen molar-refractivity contribution in [3.8, 4) is 0 Å². The second kappa shape index (κ2) is 7.67. The Bertz CT molecular complexity index is 488. The normalized spacial score (nSPS) is 14.1. The molecule has 0 saturated carbocycles. The lowest BCUT2D eigenvalue weighted by Gasteiger charge is -2.15. The molecule has 2 rings (SSSR count). The lowest BCUT2D eigenvalue weighted by molar-refractivity contribution is -0.131. The van der Waals surface area contributed by atoms with E-state index in [-0.39, 0.29) is 5.91 Å². The highest BCUT2D eigenvalue weighted by Gasteiger charge is 2.21. The van der Waals surface area contributed by atoms with Gasteiger partial charge in [-0.3, -0.25) is 9.79 Å². The highest BCUT2D eigenvalue weighted by atomic mass is 16.2. The molecule has 1 amide bonds. The number of aliphatic imine (C=N–C) groups is 1. The molecule has 1 heterocycles. The van der Waals surface area contributed by atoms with E-state index in [9.17, 15) is 4.79 Å². The van der Waals surface area contributed by atoms with Crippen LogP contribution in [-0.4, -0.2) is 29.9 Å². The molecule has 0 atom stereocenters. The molecule has 1 aliphatic heterocycles. The molecular formula is C16H24N4O. The standard InChI is InChI=1S/C16H24N4O/c1-2-9-18-16(17)19-10-5-8-15(21)20-11-13-6-3-4-7-14(13)12-20/h3-4,6-7H,2,5,8-12H2,1H3,(H3,17,18,19). The average molecular weight is 288 g/mol. The summed E-state index contributed by atoms with van der Waals surface area (Å²) in [5.41, 5.74) is 8.23. The van der Waals surface area contributed by atoms with Gasteiger partial charge in [0, 0.05) is 32.6 Å². The SMILES string of the molecule is CCCN=C(N)NCCCC(=O)N1Cc2ccccc2C1. The zero-order chi connectivity index (χ0) is 15.1. The average Bonchev–Trinajstić information content (AvgIpc) is 2.93. The molecule has 21 heavy (non-hydrogen) atoms. The molecule has 1 aromatic rings. The van der Waals surface area contributed by atoms with E-state index < -0.39 is 0 Å². The summed E-state index contributed by atoms with van der Waals surface area (Å²) < 4.78 is 0. The van der Waals surface area contributed by atoms with Crippen LogP contribution in [0.5, 0.6) is 0 Å². The van der Waals surface area contributed by atoms with Gasteiger partial charge in [-0.15, -0.1) is 0 Å². The van der Waals surface area contributed by atoms with E-state index in [4.69, 9.17) is 5.73 Å². The summed E-state index contributed by atoms with van der Waals surface area (Å²) in [6.45, 7) is 4.96. The summed E-state index contributed by atoms with van der Waals surface area (Å²) >= 11 is 0. The number of hydrogen-bond donors (Lipinski definition) is 2. The minimum atomic E-state index is 0.206. The van der Waals surface area contributed by atoms with Crippen LogP contribution in [0.15, 0.2) is 29.3 Å². The van der Waals surface area contributed by atoms with Crippen molar-refractivity contribution >= 4 is 11.9 Å². The van der Waals surface area contributed by atoms with Crippen LogP contribution in [-0.2, 0) is 17.9 Å². The fourth-order valence-electron chi connectivity index (χ4n) is 2.41. The highest BCUT2D eigenvalue weighted by molar-refractivity contribution is 5.78. The second-order valence-corrected chi connectivity index (χ2v) is 5.32. The third-order valence-corrected chi connectivity index (χ3v) is 3.57. The third-order valence-electron chi connectivity index (χ3n) is 3.57. The number of amides is 1. The van der Waals surface area contributed by atoms with Crippen molar-refractivity contribution in [2.75, 3.05) is 13.1 Å². The van der Waals surface area contributed by atoms with E-state index >= 15 is 0 Å². The fourth-order valence-corrected chi connectivity index (χ4v) is 2.41. The first-order valence-corrected chi connectivity index (χ1v) is 7.59. The van der Waals surface area contributed by atoms with Gasteiger partial charge in [0.05, 0.1) is 0 Å². The van der Waals surface area contributed by atoms with E-state index in [0.29, 0.717) is 18.9 Å². The number of nitrogens with zero attached hydrogens (tertiary/aromatic N) is 2. The smallest absolute Gasteiger partial charge is 0.223 e. The Balaban J connectivity index is 1.67. The zero-order valence-electron chi connectivity index (χ0n) is 12.6. The lowest BCUT2D eigenvalue weighted by Crippen LogP contribution is -2.33. The molecule has 0 aliphatic carbocycles. The predicted octanol–water partition coefficient (Wildman–Crippen LogP) is 1.62. The zero-order valence-corrected chi connectivity index (χ0v) is 12.6. The van der Waals surface area contributed by atoms with Gasteiger partial charge in [0.15, 0.2) is 5.96 Å². The molecule has 0 fully saturated rings. The molecule has 1 aromatic carbocycles. The molecule has 0 aromatic heterocycles. The van der Waals surface area contributed by atoms with Crippen LogP contribution in [0.4, 0.5) is 0 Å². The van der Waals surface area contributed by atoms with E-state index in [1.165, 1.54) is 11.1 Å². The number of benzene rings is 1. The van der Waals surface area contributed by atoms with Crippen molar-refractivity contribution < 1.29 is 4.79 Å². The van der Waals surface area contributed by atoms with Gasteiger partial charge in [-0.2, -0.15) is 0 Å². The van der Waals surface area contributed by atoms with Crippen LogP contribution in [0.1, 0.15) is 37.3 Å². The van der Waals surface area contributed by atoms with Crippen LogP contribution >= 0.6 is 0 Å². The molecule has 0 saturated heterocycles. The maximum absolute atomic E-state index is 12.2. The van der Waals surface area contributed by atoms with Crippen molar-refractivity contribution in [2.24, 2.45) is 10.7 Å². The van der Waals surface area contributed by atoms with Gasteiger partial charge in [0.2, 0.25) is 5.91 Å². The van der Waals surface area contributed by atoms with Gasteiger partial charge in [0.25, 0.3) is 0 Å². The highest BCUT2D eigenvalue weighted by Crippen LogP contribution is 2.22. The molecule has 0 spiro atoms. The van der Waals surface area contributed by atoms with E-state index in [0.717, 1.165) is 32.5 Å². The molecule has 3 N–H and O–H groups in total. The Morgan fingerprint density at radius 2 is 2.00 bits per heavy atom. The molecule has 5 nitrogen and oxygen atoms in total.